The molecule has 1 atom stereocenters. The molecule has 4 heteroatoms. The summed E-state index contributed by atoms with van der Waals surface area (Å²) in [4.78, 5) is 4.65. The average Bonchev–Trinajstić information content (AvgIpc) is 2.62. The normalized spacial score (nSPS) is 12.2. The number of aryl methyl sites for hydroxylation is 1. The number of hydrogen-bond donors (Lipinski definition) is 1. The fraction of sp³-hybridized carbons (Fsp3) is 0.250. The van der Waals surface area contributed by atoms with Gasteiger partial charge in [0.1, 0.15) is 0 Å². The van der Waals surface area contributed by atoms with E-state index in [2.05, 4.69) is 29.4 Å². The van der Waals surface area contributed by atoms with Gasteiger partial charge in [0.25, 0.3) is 0 Å². The van der Waals surface area contributed by atoms with Crippen LogP contribution in [0.1, 0.15) is 18.2 Å². The summed E-state index contributed by atoms with van der Waals surface area (Å²) in [6.45, 7) is 2.80. The molecule has 124 valence electrons. The van der Waals surface area contributed by atoms with Crippen LogP contribution in [0.2, 0.25) is 0 Å². The first-order valence-electron chi connectivity index (χ1n) is 8.27. The number of fused-ring (bicyclic) bond motifs is 1. The Morgan fingerprint density at radius 3 is 2.58 bits per heavy atom. The zero-order valence-corrected chi connectivity index (χ0v) is 14.7. The Kier molecular flexibility index (Phi) is 5.59. The highest BCUT2D eigenvalue weighted by Crippen LogP contribution is 2.23. The van der Waals surface area contributed by atoms with Crippen LogP contribution in [0.25, 0.3) is 10.9 Å². The lowest BCUT2D eigenvalue weighted by atomic mass is 10.1. The Morgan fingerprint density at radius 1 is 1.04 bits per heavy atom. The average molecular weight is 338 g/mol. The Hall–Kier alpha value is -2.20. The number of anilines is 1. The first-order valence-corrected chi connectivity index (χ1v) is 9.76. The summed E-state index contributed by atoms with van der Waals surface area (Å²) in [5.74, 6) is 1.24. The van der Waals surface area contributed by atoms with E-state index in [0.717, 1.165) is 34.3 Å². The molecule has 1 unspecified atom stereocenters. The van der Waals surface area contributed by atoms with Crippen molar-refractivity contribution in [2.45, 2.75) is 19.1 Å². The molecule has 1 N–H and O–H groups in total. The minimum atomic E-state index is -0.864. The molecule has 0 bridgehead atoms. The monoisotopic (exact) mass is 338 g/mol. The molecule has 0 saturated heterocycles. The van der Waals surface area contributed by atoms with Gasteiger partial charge in [-0.05, 0) is 24.1 Å². The maximum atomic E-state index is 12.2. The Bertz CT molecular complexity index is 833. The summed E-state index contributed by atoms with van der Waals surface area (Å²) >= 11 is 0. The van der Waals surface area contributed by atoms with Gasteiger partial charge in [0, 0.05) is 45.6 Å². The van der Waals surface area contributed by atoms with Crippen LogP contribution in [0.4, 0.5) is 5.69 Å². The quantitative estimate of drug-likeness (QED) is 0.703. The summed E-state index contributed by atoms with van der Waals surface area (Å²) < 4.78 is 12.2. The molecule has 2 aromatic carbocycles. The predicted molar refractivity (Wildman–Crippen MR) is 103 cm³/mol. The summed E-state index contributed by atoms with van der Waals surface area (Å²) in [7, 11) is -0.864. The number of nitrogens with one attached hydrogen (secondary N) is 1. The minimum Gasteiger partial charge on any atom is -0.384 e. The fourth-order valence-corrected chi connectivity index (χ4v) is 3.73. The summed E-state index contributed by atoms with van der Waals surface area (Å²) in [6, 6.07) is 20.2. The van der Waals surface area contributed by atoms with E-state index in [1.54, 1.807) is 0 Å². The molecular formula is C20H22N2OS. The lowest BCUT2D eigenvalue weighted by Crippen LogP contribution is -2.12. The van der Waals surface area contributed by atoms with E-state index in [4.69, 9.17) is 0 Å². The van der Waals surface area contributed by atoms with E-state index < -0.39 is 10.8 Å². The van der Waals surface area contributed by atoms with E-state index >= 15 is 0 Å². The molecule has 3 aromatic rings. The highest BCUT2D eigenvalue weighted by Gasteiger charge is 2.06. The molecular weight excluding hydrogens is 316 g/mol. The summed E-state index contributed by atoms with van der Waals surface area (Å²) in [5, 5.41) is 4.56. The number of nitrogens with zero attached hydrogens (tertiary/aromatic N) is 1. The van der Waals surface area contributed by atoms with Gasteiger partial charge in [0.2, 0.25) is 0 Å². The van der Waals surface area contributed by atoms with Crippen LogP contribution in [0, 0.1) is 0 Å². The van der Waals surface area contributed by atoms with E-state index in [0.29, 0.717) is 18.1 Å². The van der Waals surface area contributed by atoms with E-state index in [9.17, 15) is 4.21 Å². The zero-order chi connectivity index (χ0) is 16.8. The molecule has 1 heterocycles. The molecule has 3 nitrogen and oxygen atoms in total. The van der Waals surface area contributed by atoms with E-state index in [1.165, 1.54) is 0 Å². The van der Waals surface area contributed by atoms with Gasteiger partial charge in [-0.3, -0.25) is 9.19 Å². The van der Waals surface area contributed by atoms with Crippen molar-refractivity contribution in [3.8, 4) is 0 Å². The number of pyridine rings is 1. The van der Waals surface area contributed by atoms with E-state index in [-0.39, 0.29) is 0 Å². The molecule has 0 aliphatic rings. The minimum absolute atomic E-state index is 0.611. The van der Waals surface area contributed by atoms with Crippen LogP contribution in [0.5, 0.6) is 0 Å². The van der Waals surface area contributed by atoms with Crippen molar-refractivity contribution in [2.75, 3.05) is 17.6 Å². The summed E-state index contributed by atoms with van der Waals surface area (Å²) in [6.07, 6.45) is 0.902. The van der Waals surface area contributed by atoms with Gasteiger partial charge in [-0.2, -0.15) is 0 Å². The highest BCUT2D eigenvalue weighted by atomic mass is 32.2. The van der Waals surface area contributed by atoms with Crippen molar-refractivity contribution in [3.05, 3.63) is 71.9 Å². The Labute approximate surface area is 145 Å². The van der Waals surface area contributed by atoms with Crippen molar-refractivity contribution in [3.63, 3.8) is 0 Å². The van der Waals surface area contributed by atoms with Crippen LogP contribution in [0.3, 0.4) is 0 Å². The predicted octanol–water partition coefficient (Wildman–Crippen LogP) is 4.16. The van der Waals surface area contributed by atoms with Crippen molar-refractivity contribution in [1.82, 2.24) is 4.98 Å². The second kappa shape index (κ2) is 8.06. The van der Waals surface area contributed by atoms with Crippen LogP contribution < -0.4 is 5.32 Å². The molecule has 0 radical (unpaired) electrons. The number of para-hydroxylation sites is 1. The van der Waals surface area contributed by atoms with Gasteiger partial charge >= 0.3 is 0 Å². The highest BCUT2D eigenvalue weighted by molar-refractivity contribution is 7.84. The molecule has 0 saturated carbocycles. The molecule has 0 fully saturated rings. The molecule has 0 spiro atoms. The van der Waals surface area contributed by atoms with Crippen LogP contribution in [-0.2, 0) is 23.0 Å². The third kappa shape index (κ3) is 4.20. The Morgan fingerprint density at radius 2 is 1.79 bits per heavy atom. The fourth-order valence-electron chi connectivity index (χ4n) is 2.69. The number of rotatable bonds is 7. The third-order valence-corrected chi connectivity index (χ3v) is 5.26. The Balaban J connectivity index is 1.64. The number of hydrogen-bond acceptors (Lipinski definition) is 3. The standard InChI is InChI=1S/C20H22N2OS/c1-2-17-14-20(18-10-6-7-11-19(18)22-17)21-12-13-24(23)15-16-8-4-3-5-9-16/h3-11,14H,2,12-13,15H2,1H3,(H,21,22). The van der Waals surface area contributed by atoms with Crippen molar-refractivity contribution >= 4 is 27.4 Å². The van der Waals surface area contributed by atoms with Gasteiger partial charge < -0.3 is 5.32 Å². The number of benzene rings is 2. The van der Waals surface area contributed by atoms with Crippen molar-refractivity contribution in [1.29, 1.82) is 0 Å². The first-order chi connectivity index (χ1) is 11.8. The number of aromatic nitrogens is 1. The smallest absolute Gasteiger partial charge is 0.0726 e. The van der Waals surface area contributed by atoms with Gasteiger partial charge in [0.15, 0.2) is 0 Å². The van der Waals surface area contributed by atoms with Gasteiger partial charge in [-0.15, -0.1) is 0 Å². The van der Waals surface area contributed by atoms with Crippen molar-refractivity contribution in [2.24, 2.45) is 0 Å². The zero-order valence-electron chi connectivity index (χ0n) is 13.9. The maximum Gasteiger partial charge on any atom is 0.0726 e. The van der Waals surface area contributed by atoms with Crippen LogP contribution in [0.15, 0.2) is 60.7 Å². The lowest BCUT2D eigenvalue weighted by Gasteiger charge is -2.11. The molecule has 0 amide bonds. The molecule has 0 aliphatic carbocycles. The maximum absolute atomic E-state index is 12.2. The van der Waals surface area contributed by atoms with Crippen molar-refractivity contribution < 1.29 is 4.21 Å². The molecule has 0 aliphatic heterocycles. The first kappa shape index (κ1) is 16.7. The third-order valence-electron chi connectivity index (χ3n) is 3.95. The lowest BCUT2D eigenvalue weighted by molar-refractivity contribution is 0.682. The van der Waals surface area contributed by atoms with Gasteiger partial charge in [-0.25, -0.2) is 0 Å². The van der Waals surface area contributed by atoms with Crippen LogP contribution in [-0.4, -0.2) is 21.5 Å². The second-order valence-corrected chi connectivity index (χ2v) is 7.31. The van der Waals surface area contributed by atoms with E-state index in [1.807, 2.05) is 48.5 Å². The largest absolute Gasteiger partial charge is 0.384 e. The second-order valence-electron chi connectivity index (χ2n) is 5.73. The summed E-state index contributed by atoms with van der Waals surface area (Å²) in [5.41, 5.74) is 4.28. The van der Waals surface area contributed by atoms with Gasteiger partial charge in [0.05, 0.1) is 5.52 Å². The topological polar surface area (TPSA) is 42.0 Å². The molecule has 3 rings (SSSR count). The SMILES string of the molecule is CCc1cc(NCCS(=O)Cc2ccccc2)c2ccccc2n1. The molecule has 1 aromatic heterocycles. The van der Waals surface area contributed by atoms with Gasteiger partial charge in [-0.1, -0.05) is 55.5 Å². The molecule has 24 heavy (non-hydrogen) atoms. The van der Waals surface area contributed by atoms with Crippen LogP contribution >= 0.6 is 0 Å².